The molecular weight excluding hydrogens is 172 g/mol. The molecule has 1 unspecified atom stereocenters. The van der Waals surface area contributed by atoms with Crippen LogP contribution in [-0.4, -0.2) is 26.2 Å². The zero-order chi connectivity index (χ0) is 9.86. The highest BCUT2D eigenvalue weighted by atomic mass is 14.9. The van der Waals surface area contributed by atoms with Crippen molar-refractivity contribution in [1.29, 1.82) is 0 Å². The zero-order valence-electron chi connectivity index (χ0n) is 9.44. The predicted octanol–water partition coefficient (Wildman–Crippen LogP) is 1.77. The molecule has 1 atom stereocenters. The molecule has 0 bridgehead atoms. The van der Waals surface area contributed by atoms with Crippen molar-refractivity contribution in [3.8, 4) is 0 Å². The van der Waals surface area contributed by atoms with E-state index < -0.39 is 0 Å². The van der Waals surface area contributed by atoms with Crippen LogP contribution in [0.15, 0.2) is 0 Å². The van der Waals surface area contributed by atoms with Crippen LogP contribution in [0.4, 0.5) is 0 Å². The lowest BCUT2D eigenvalue weighted by atomic mass is 9.96. The van der Waals surface area contributed by atoms with Gasteiger partial charge in [-0.05, 0) is 63.1 Å². The number of hydrogen-bond donors (Lipinski definition) is 2. The van der Waals surface area contributed by atoms with E-state index in [1.807, 2.05) is 0 Å². The Labute approximate surface area is 87.8 Å². The second kappa shape index (κ2) is 4.63. The predicted molar refractivity (Wildman–Crippen MR) is 60.4 cm³/mol. The smallest absolute Gasteiger partial charge is 0.000517 e. The van der Waals surface area contributed by atoms with E-state index >= 15 is 0 Å². The van der Waals surface area contributed by atoms with Crippen LogP contribution in [0.5, 0.6) is 0 Å². The van der Waals surface area contributed by atoms with E-state index in [1.54, 1.807) is 0 Å². The summed E-state index contributed by atoms with van der Waals surface area (Å²) in [6, 6.07) is 0. The maximum atomic E-state index is 3.61. The minimum Gasteiger partial charge on any atom is -0.316 e. The quantitative estimate of drug-likeness (QED) is 0.655. The first-order chi connectivity index (χ1) is 6.79. The first kappa shape index (κ1) is 10.4. The summed E-state index contributed by atoms with van der Waals surface area (Å²) in [5.74, 6) is 0.934. The molecule has 0 aromatic heterocycles. The van der Waals surface area contributed by atoms with E-state index in [0.29, 0.717) is 5.41 Å². The molecule has 0 spiro atoms. The molecule has 2 nitrogen and oxygen atoms in total. The van der Waals surface area contributed by atoms with Gasteiger partial charge in [-0.2, -0.15) is 0 Å². The number of hydrogen-bond acceptors (Lipinski definition) is 2. The highest BCUT2D eigenvalue weighted by Gasteiger charge is 2.36. The van der Waals surface area contributed by atoms with Gasteiger partial charge < -0.3 is 10.6 Å². The van der Waals surface area contributed by atoms with E-state index in [2.05, 4.69) is 17.6 Å². The molecule has 1 saturated carbocycles. The third-order valence-electron chi connectivity index (χ3n) is 3.78. The van der Waals surface area contributed by atoms with Crippen LogP contribution < -0.4 is 10.6 Å². The van der Waals surface area contributed by atoms with Crippen LogP contribution in [0.1, 0.15) is 39.0 Å². The van der Waals surface area contributed by atoms with Gasteiger partial charge in [-0.15, -0.1) is 0 Å². The minimum absolute atomic E-state index is 0.671. The van der Waals surface area contributed by atoms with Crippen LogP contribution in [0.25, 0.3) is 0 Å². The van der Waals surface area contributed by atoms with Crippen LogP contribution >= 0.6 is 0 Å². The van der Waals surface area contributed by atoms with Crippen molar-refractivity contribution in [3.63, 3.8) is 0 Å². The highest BCUT2D eigenvalue weighted by molar-refractivity contribution is 4.90. The second-order valence-electron chi connectivity index (χ2n) is 5.49. The van der Waals surface area contributed by atoms with E-state index in [0.717, 1.165) is 5.92 Å². The van der Waals surface area contributed by atoms with Crippen LogP contribution in [0.3, 0.4) is 0 Å². The Bertz CT molecular complexity index is 169. The molecule has 14 heavy (non-hydrogen) atoms. The van der Waals surface area contributed by atoms with Crippen molar-refractivity contribution >= 4 is 0 Å². The Morgan fingerprint density at radius 2 is 2.29 bits per heavy atom. The van der Waals surface area contributed by atoms with Crippen molar-refractivity contribution < 1.29 is 0 Å². The van der Waals surface area contributed by atoms with Crippen molar-refractivity contribution in [2.45, 2.75) is 39.0 Å². The fourth-order valence-electron chi connectivity index (χ4n) is 2.26. The summed E-state index contributed by atoms with van der Waals surface area (Å²) < 4.78 is 0. The fraction of sp³-hybridized carbons (Fsp3) is 1.00. The highest BCUT2D eigenvalue weighted by Crippen LogP contribution is 2.43. The Hall–Kier alpha value is -0.0800. The number of piperidine rings is 1. The largest absolute Gasteiger partial charge is 0.316 e. The van der Waals surface area contributed by atoms with Gasteiger partial charge in [0.15, 0.2) is 0 Å². The monoisotopic (exact) mass is 196 g/mol. The van der Waals surface area contributed by atoms with Gasteiger partial charge in [-0.3, -0.25) is 0 Å². The molecule has 0 aromatic carbocycles. The third kappa shape index (κ3) is 3.25. The van der Waals surface area contributed by atoms with Crippen LogP contribution in [0.2, 0.25) is 0 Å². The maximum Gasteiger partial charge on any atom is 0.000517 e. The molecule has 82 valence electrons. The number of nitrogens with one attached hydrogen (secondary N) is 2. The Morgan fingerprint density at radius 3 is 2.93 bits per heavy atom. The Morgan fingerprint density at radius 1 is 1.43 bits per heavy atom. The summed E-state index contributed by atoms with van der Waals surface area (Å²) in [7, 11) is 0. The van der Waals surface area contributed by atoms with Gasteiger partial charge in [0.25, 0.3) is 0 Å². The first-order valence-corrected chi connectivity index (χ1v) is 6.20. The first-order valence-electron chi connectivity index (χ1n) is 6.20. The van der Waals surface area contributed by atoms with Gasteiger partial charge in [-0.1, -0.05) is 6.92 Å². The van der Waals surface area contributed by atoms with Gasteiger partial charge in [0, 0.05) is 6.54 Å². The molecule has 2 rings (SSSR count). The van der Waals surface area contributed by atoms with Crippen LogP contribution in [0, 0.1) is 11.3 Å². The van der Waals surface area contributed by atoms with Gasteiger partial charge >= 0.3 is 0 Å². The van der Waals surface area contributed by atoms with E-state index in [9.17, 15) is 0 Å². The molecule has 1 saturated heterocycles. The molecule has 0 amide bonds. The van der Waals surface area contributed by atoms with Crippen molar-refractivity contribution in [1.82, 2.24) is 10.6 Å². The summed E-state index contributed by atoms with van der Waals surface area (Å²) in [5.41, 5.74) is 0.671. The second-order valence-corrected chi connectivity index (χ2v) is 5.49. The molecule has 1 heterocycles. The summed E-state index contributed by atoms with van der Waals surface area (Å²) in [4.78, 5) is 0. The lowest BCUT2D eigenvalue weighted by Crippen LogP contribution is -2.32. The van der Waals surface area contributed by atoms with Gasteiger partial charge in [0.05, 0.1) is 0 Å². The summed E-state index contributed by atoms with van der Waals surface area (Å²) in [6.07, 6.45) is 7.05. The summed E-state index contributed by atoms with van der Waals surface area (Å²) in [5, 5.41) is 7.08. The van der Waals surface area contributed by atoms with Crippen molar-refractivity contribution in [2.75, 3.05) is 26.2 Å². The van der Waals surface area contributed by atoms with Gasteiger partial charge in [0.2, 0.25) is 0 Å². The normalized spacial score (nSPS) is 30.2. The fourth-order valence-corrected chi connectivity index (χ4v) is 2.26. The maximum absolute atomic E-state index is 3.61. The molecule has 0 aromatic rings. The van der Waals surface area contributed by atoms with Gasteiger partial charge in [0.1, 0.15) is 0 Å². The molecule has 2 aliphatic rings. The topological polar surface area (TPSA) is 24.1 Å². The van der Waals surface area contributed by atoms with E-state index in [-0.39, 0.29) is 0 Å². The van der Waals surface area contributed by atoms with E-state index in [4.69, 9.17) is 0 Å². The Balaban J connectivity index is 1.49. The average molecular weight is 196 g/mol. The van der Waals surface area contributed by atoms with Crippen molar-refractivity contribution in [3.05, 3.63) is 0 Å². The summed E-state index contributed by atoms with van der Waals surface area (Å²) in [6.45, 7) is 7.35. The molecule has 1 aliphatic heterocycles. The van der Waals surface area contributed by atoms with Crippen LogP contribution in [-0.2, 0) is 0 Å². The average Bonchev–Trinajstić information content (AvgIpc) is 2.94. The lowest BCUT2D eigenvalue weighted by Gasteiger charge is -2.23. The molecule has 2 fully saturated rings. The molecule has 2 heteroatoms. The molecular formula is C12H24N2. The number of rotatable bonds is 5. The molecule has 0 radical (unpaired) electrons. The zero-order valence-corrected chi connectivity index (χ0v) is 9.44. The SMILES string of the molecule is CC1(CNCCC2CCCNC2)CC1. The van der Waals surface area contributed by atoms with E-state index in [1.165, 1.54) is 58.3 Å². The molecule has 2 N–H and O–H groups in total. The summed E-state index contributed by atoms with van der Waals surface area (Å²) >= 11 is 0. The third-order valence-corrected chi connectivity index (χ3v) is 3.78. The van der Waals surface area contributed by atoms with Crippen molar-refractivity contribution in [2.24, 2.45) is 11.3 Å². The minimum atomic E-state index is 0.671. The van der Waals surface area contributed by atoms with Gasteiger partial charge in [-0.25, -0.2) is 0 Å². The Kier molecular flexibility index (Phi) is 3.45. The molecule has 1 aliphatic carbocycles. The lowest BCUT2D eigenvalue weighted by molar-refractivity contribution is 0.347. The standard InChI is InChI=1S/C12H24N2/c1-12(5-6-12)10-14-8-4-11-3-2-7-13-9-11/h11,13-14H,2-10H2,1H3.